The molecule has 0 aliphatic carbocycles. The number of hydrogen-bond acceptors (Lipinski definition) is 6. The Balaban J connectivity index is 2.67. The Morgan fingerprint density at radius 1 is 1.43 bits per heavy atom. The second-order valence-corrected chi connectivity index (χ2v) is 4.70. The number of esters is 1. The molecule has 0 atom stereocenters. The number of hydrogen-bond donors (Lipinski definition) is 0. The van der Waals surface area contributed by atoms with Gasteiger partial charge in [-0.1, -0.05) is 0 Å². The van der Waals surface area contributed by atoms with Gasteiger partial charge < -0.3 is 9.64 Å². The van der Waals surface area contributed by atoms with Crippen LogP contribution in [-0.2, 0) is 10.9 Å². The van der Waals surface area contributed by atoms with Gasteiger partial charge in [0.15, 0.2) is 0 Å². The van der Waals surface area contributed by atoms with Crippen LogP contribution in [0.4, 0.5) is 13.2 Å². The average Bonchev–Trinajstić information content (AvgIpc) is 2.88. The standard InChI is InChI=1S/C13H14F3N5O2/c1-4-23-10(22)8-7-17-12-18-11(13(14,15)16)19-21(12)9(8)5-6-20(2)3/h5-7H,4H2,1-3H3/b6-5+. The number of rotatable bonds is 4. The van der Waals surface area contributed by atoms with E-state index in [0.29, 0.717) is 0 Å². The molecule has 0 radical (unpaired) electrons. The van der Waals surface area contributed by atoms with Gasteiger partial charge in [-0.2, -0.15) is 22.7 Å². The minimum Gasteiger partial charge on any atom is -0.462 e. The van der Waals surface area contributed by atoms with Crippen molar-refractivity contribution in [2.24, 2.45) is 0 Å². The van der Waals surface area contributed by atoms with Gasteiger partial charge in [0.2, 0.25) is 0 Å². The summed E-state index contributed by atoms with van der Waals surface area (Å²) in [6, 6.07) is 0. The molecule has 0 fully saturated rings. The van der Waals surface area contributed by atoms with Crippen LogP contribution in [0.25, 0.3) is 11.9 Å². The molecule has 0 aliphatic heterocycles. The maximum Gasteiger partial charge on any atom is 0.453 e. The van der Waals surface area contributed by atoms with Gasteiger partial charge in [-0.15, -0.1) is 5.10 Å². The summed E-state index contributed by atoms with van der Waals surface area (Å²) < 4.78 is 44.1. The molecule has 0 N–H and O–H groups in total. The molecule has 23 heavy (non-hydrogen) atoms. The number of fused-ring (bicyclic) bond motifs is 1. The summed E-state index contributed by atoms with van der Waals surface area (Å²) in [7, 11) is 3.45. The van der Waals surface area contributed by atoms with Crippen LogP contribution in [0.3, 0.4) is 0 Å². The van der Waals surface area contributed by atoms with E-state index >= 15 is 0 Å². The second kappa shape index (κ2) is 6.23. The summed E-state index contributed by atoms with van der Waals surface area (Å²) in [6.07, 6.45) is -0.583. The van der Waals surface area contributed by atoms with Crippen molar-refractivity contribution in [1.82, 2.24) is 24.5 Å². The van der Waals surface area contributed by atoms with Crippen molar-refractivity contribution < 1.29 is 22.7 Å². The molecule has 124 valence electrons. The monoisotopic (exact) mass is 329 g/mol. The average molecular weight is 329 g/mol. The first-order chi connectivity index (χ1) is 10.7. The highest BCUT2D eigenvalue weighted by molar-refractivity contribution is 5.92. The van der Waals surface area contributed by atoms with Gasteiger partial charge in [0.25, 0.3) is 11.6 Å². The first-order valence-corrected chi connectivity index (χ1v) is 6.58. The summed E-state index contributed by atoms with van der Waals surface area (Å²) in [4.78, 5) is 20.7. The van der Waals surface area contributed by atoms with Gasteiger partial charge in [0.1, 0.15) is 5.56 Å². The molecule has 2 aromatic rings. The molecule has 0 saturated carbocycles. The van der Waals surface area contributed by atoms with Crippen LogP contribution in [-0.4, -0.2) is 51.2 Å². The predicted octanol–water partition coefficient (Wildman–Crippen LogP) is 1.85. The number of alkyl halides is 3. The quantitative estimate of drug-likeness (QED) is 0.797. The Kier molecular flexibility index (Phi) is 4.52. The van der Waals surface area contributed by atoms with Crippen LogP contribution in [0.2, 0.25) is 0 Å². The minimum absolute atomic E-state index is 0.00363. The van der Waals surface area contributed by atoms with E-state index in [1.165, 1.54) is 6.08 Å². The Labute approximate surface area is 129 Å². The first-order valence-electron chi connectivity index (χ1n) is 6.58. The summed E-state index contributed by atoms with van der Waals surface area (Å²) >= 11 is 0. The molecule has 2 aromatic heterocycles. The lowest BCUT2D eigenvalue weighted by atomic mass is 10.2. The normalized spacial score (nSPS) is 12.1. The zero-order valence-corrected chi connectivity index (χ0v) is 12.6. The summed E-state index contributed by atoms with van der Waals surface area (Å²) in [5, 5.41) is 3.41. The van der Waals surface area contributed by atoms with Gasteiger partial charge >= 0.3 is 12.1 Å². The summed E-state index contributed by atoms with van der Waals surface area (Å²) in [5.41, 5.74) is 0.0984. The van der Waals surface area contributed by atoms with Gasteiger partial charge in [0, 0.05) is 26.5 Å². The number of aromatic nitrogens is 4. The van der Waals surface area contributed by atoms with Crippen LogP contribution < -0.4 is 0 Å². The van der Waals surface area contributed by atoms with E-state index in [-0.39, 0.29) is 23.6 Å². The zero-order chi connectivity index (χ0) is 17.2. The van der Waals surface area contributed by atoms with E-state index in [1.807, 2.05) is 0 Å². The van der Waals surface area contributed by atoms with Gasteiger partial charge in [0.05, 0.1) is 12.3 Å². The van der Waals surface area contributed by atoms with Crippen molar-refractivity contribution in [2.75, 3.05) is 20.7 Å². The second-order valence-electron chi connectivity index (χ2n) is 4.70. The molecule has 0 aliphatic rings. The highest BCUT2D eigenvalue weighted by Crippen LogP contribution is 2.27. The van der Waals surface area contributed by atoms with Gasteiger partial charge in [-0.3, -0.25) is 0 Å². The SMILES string of the molecule is CCOC(=O)c1cnc2nc(C(F)(F)F)nn2c1/C=C/N(C)C. The number of halogens is 3. The van der Waals surface area contributed by atoms with E-state index in [9.17, 15) is 18.0 Å². The van der Waals surface area contributed by atoms with Crippen molar-refractivity contribution in [2.45, 2.75) is 13.1 Å². The molecular formula is C13H14F3N5O2. The third-order valence-corrected chi connectivity index (χ3v) is 2.68. The molecule has 10 heteroatoms. The number of carbonyl (C=O) groups excluding carboxylic acids is 1. The van der Waals surface area contributed by atoms with Crippen molar-refractivity contribution in [3.05, 3.63) is 29.5 Å². The van der Waals surface area contributed by atoms with Crippen LogP contribution in [0.15, 0.2) is 12.4 Å². The molecule has 2 heterocycles. The topological polar surface area (TPSA) is 72.6 Å². The molecule has 0 aromatic carbocycles. The van der Waals surface area contributed by atoms with Gasteiger partial charge in [-0.05, 0) is 13.0 Å². The number of ether oxygens (including phenoxy) is 1. The highest BCUT2D eigenvalue weighted by atomic mass is 19.4. The maximum atomic E-state index is 12.8. The van der Waals surface area contributed by atoms with Crippen molar-refractivity contribution >= 4 is 17.8 Å². The smallest absolute Gasteiger partial charge is 0.453 e. The zero-order valence-electron chi connectivity index (χ0n) is 12.6. The fourth-order valence-electron chi connectivity index (χ4n) is 1.72. The van der Waals surface area contributed by atoms with E-state index in [2.05, 4.69) is 15.1 Å². The molecule has 0 amide bonds. The van der Waals surface area contributed by atoms with Crippen molar-refractivity contribution in [3.8, 4) is 0 Å². The van der Waals surface area contributed by atoms with Crippen molar-refractivity contribution in [1.29, 1.82) is 0 Å². The lowest BCUT2D eigenvalue weighted by molar-refractivity contribution is -0.144. The van der Waals surface area contributed by atoms with E-state index < -0.39 is 18.0 Å². The van der Waals surface area contributed by atoms with E-state index in [0.717, 1.165) is 10.7 Å². The van der Waals surface area contributed by atoms with Crippen LogP contribution in [0.1, 0.15) is 28.8 Å². The number of carbonyl (C=O) groups is 1. The lowest BCUT2D eigenvalue weighted by Gasteiger charge is -2.08. The third-order valence-electron chi connectivity index (χ3n) is 2.68. The molecule has 0 saturated heterocycles. The Morgan fingerprint density at radius 2 is 2.13 bits per heavy atom. The first kappa shape index (κ1) is 16.7. The maximum absolute atomic E-state index is 12.8. The molecular weight excluding hydrogens is 315 g/mol. The Morgan fingerprint density at radius 3 is 2.70 bits per heavy atom. The number of nitrogens with zero attached hydrogens (tertiary/aromatic N) is 5. The lowest BCUT2D eigenvalue weighted by Crippen LogP contribution is -2.12. The van der Waals surface area contributed by atoms with Crippen molar-refractivity contribution in [3.63, 3.8) is 0 Å². The fraction of sp³-hybridized carbons (Fsp3) is 0.385. The molecule has 0 unspecified atom stereocenters. The third kappa shape index (κ3) is 3.58. The highest BCUT2D eigenvalue weighted by Gasteiger charge is 2.37. The van der Waals surface area contributed by atoms with Crippen LogP contribution in [0, 0.1) is 0 Å². The molecule has 0 bridgehead atoms. The molecule has 7 nitrogen and oxygen atoms in total. The minimum atomic E-state index is -4.71. The molecule has 2 rings (SSSR count). The Hall–Kier alpha value is -2.65. The fourth-order valence-corrected chi connectivity index (χ4v) is 1.72. The Bertz CT molecular complexity index is 752. The summed E-state index contributed by atoms with van der Waals surface area (Å²) in [5.74, 6) is -2.29. The van der Waals surface area contributed by atoms with Crippen LogP contribution in [0.5, 0.6) is 0 Å². The van der Waals surface area contributed by atoms with Crippen LogP contribution >= 0.6 is 0 Å². The van der Waals surface area contributed by atoms with E-state index in [1.54, 1.807) is 32.1 Å². The van der Waals surface area contributed by atoms with E-state index in [4.69, 9.17) is 4.74 Å². The molecule has 0 spiro atoms. The summed E-state index contributed by atoms with van der Waals surface area (Å²) in [6.45, 7) is 1.75. The van der Waals surface area contributed by atoms with Gasteiger partial charge in [-0.25, -0.2) is 9.78 Å². The predicted molar refractivity (Wildman–Crippen MR) is 74.5 cm³/mol. The largest absolute Gasteiger partial charge is 0.462 e.